The summed E-state index contributed by atoms with van der Waals surface area (Å²) in [6.07, 6.45) is 8.33. The van der Waals surface area contributed by atoms with Gasteiger partial charge in [-0.1, -0.05) is 46.1 Å². The molecule has 0 saturated heterocycles. The summed E-state index contributed by atoms with van der Waals surface area (Å²) in [6.45, 7) is 13.6. The van der Waals surface area contributed by atoms with Crippen molar-refractivity contribution in [1.29, 1.82) is 0 Å². The second-order valence-corrected chi connectivity index (χ2v) is 25.0. The van der Waals surface area contributed by atoms with Gasteiger partial charge in [0.25, 0.3) is 0 Å². The van der Waals surface area contributed by atoms with Crippen LogP contribution in [-0.4, -0.2) is 23.1 Å². The van der Waals surface area contributed by atoms with E-state index in [-0.39, 0.29) is 10.8 Å². The molecule has 0 N–H and O–H groups in total. The molecule has 7 heteroatoms. The molecule has 4 heterocycles. The average molecular weight is 1230 g/mol. The molecule has 0 bridgehead atoms. The molecule has 13 aromatic rings. The summed E-state index contributed by atoms with van der Waals surface area (Å²) in [4.78, 5) is 5.05. The van der Waals surface area contributed by atoms with E-state index in [1.807, 2.05) is 6.20 Å². The fourth-order valence-corrected chi connectivity index (χ4v) is 13.7. The van der Waals surface area contributed by atoms with Gasteiger partial charge >= 0.3 is 394 Å². The van der Waals surface area contributed by atoms with Crippen LogP contribution in [0.3, 0.4) is 0 Å². The van der Waals surface area contributed by atoms with E-state index in [0.717, 1.165) is 98.0 Å². The molecular weight excluding hydrogens is 1170 g/mol. The van der Waals surface area contributed by atoms with E-state index in [2.05, 4.69) is 291 Å². The first kappa shape index (κ1) is 50.9. The van der Waals surface area contributed by atoms with Crippen LogP contribution in [0.4, 0.5) is 0 Å². The number of imidazole rings is 1. The molecule has 0 aliphatic heterocycles. The van der Waals surface area contributed by atoms with Crippen molar-refractivity contribution >= 4 is 60.2 Å². The van der Waals surface area contributed by atoms with Crippen molar-refractivity contribution in [2.45, 2.75) is 90.4 Å². The van der Waals surface area contributed by atoms with Crippen LogP contribution in [0.15, 0.2) is 206 Å². The average Bonchev–Trinajstić information content (AvgIpc) is 4.10. The van der Waals surface area contributed by atoms with Gasteiger partial charge in [0.15, 0.2) is 0 Å². The summed E-state index contributed by atoms with van der Waals surface area (Å²) < 4.78 is 17.7. The van der Waals surface area contributed by atoms with Crippen molar-refractivity contribution in [2.75, 3.05) is 0 Å². The van der Waals surface area contributed by atoms with E-state index in [1.165, 1.54) is 54.2 Å². The number of benzene rings is 9. The third-order valence-corrected chi connectivity index (χ3v) is 17.8. The zero-order valence-corrected chi connectivity index (χ0v) is 49.0. The zero-order valence-electron chi connectivity index (χ0n) is 46.7. The van der Waals surface area contributed by atoms with Gasteiger partial charge in [-0.3, -0.25) is 0 Å². The molecule has 1 saturated carbocycles. The summed E-state index contributed by atoms with van der Waals surface area (Å²) in [5.74, 6) is 2.62. The second kappa shape index (κ2) is 20.0. The Labute approximate surface area is 484 Å². The number of aromatic nitrogens is 5. The summed E-state index contributed by atoms with van der Waals surface area (Å²) in [6, 6.07) is 80.8. The van der Waals surface area contributed by atoms with Gasteiger partial charge in [0.05, 0.1) is 0 Å². The van der Waals surface area contributed by atoms with Crippen molar-refractivity contribution in [2.24, 2.45) is 0 Å². The Morgan fingerprint density at radius 1 is 0.481 bits per heavy atom. The standard InChI is InChI=1S/C74H63N5O.Pt/c1-73(2,3)53-33-35-55(36-34-53)78-64-30-17-16-26-60(64)62-29-19-31-67-72(62)77(48-76(67)71-58(50-22-12-8-13-23-50)27-18-28-59(71)51-24-14-9-15-25-51)69-47-57(38-41-66(69)78)80-56-37-39-61-63-44-52(49-20-10-7-11-21-49)32-40-65(63)79(68(61)46-56)70-45-54(42-43-75-70)74(4,5)6;/h8-9,12-19,22-45,49H,7,10-11,20-21H2,1-6H3;/q-2;. The third-order valence-electron chi connectivity index (χ3n) is 16.8. The molecule has 4 aromatic heterocycles. The van der Waals surface area contributed by atoms with Crippen LogP contribution in [-0.2, 0) is 30.2 Å². The Kier molecular flexibility index (Phi) is 12.6. The number of pyridine rings is 1. The fourth-order valence-electron chi connectivity index (χ4n) is 12.7. The first-order valence-corrected chi connectivity index (χ1v) is 29.7. The van der Waals surface area contributed by atoms with Crippen LogP contribution in [0, 0.1) is 15.9 Å². The van der Waals surface area contributed by atoms with Gasteiger partial charge in [-0.15, -0.1) is 0 Å². The van der Waals surface area contributed by atoms with Crippen molar-refractivity contribution in [3.05, 3.63) is 239 Å². The molecule has 0 atom stereocenters. The van der Waals surface area contributed by atoms with Crippen LogP contribution in [0.2, 0.25) is 0 Å². The van der Waals surface area contributed by atoms with Crippen molar-refractivity contribution in [3.63, 3.8) is 0 Å². The van der Waals surface area contributed by atoms with Gasteiger partial charge in [0.2, 0.25) is 0 Å². The number of fused-ring (bicyclic) bond motifs is 7. The van der Waals surface area contributed by atoms with E-state index >= 15 is 0 Å². The molecule has 9 aromatic carbocycles. The van der Waals surface area contributed by atoms with Crippen LogP contribution in [0.1, 0.15) is 96.3 Å². The zero-order chi connectivity index (χ0) is 55.1. The molecule has 0 radical (unpaired) electrons. The Hall–Kier alpha value is -8.31. The number of hydrogen-bond acceptors (Lipinski definition) is 2. The van der Waals surface area contributed by atoms with Gasteiger partial charge in [-0.2, -0.15) is 0 Å². The molecule has 81 heavy (non-hydrogen) atoms. The number of para-hydroxylation sites is 3. The van der Waals surface area contributed by atoms with Crippen LogP contribution < -0.4 is 4.74 Å². The molecular formula is C74H63N5OPt-2. The molecule has 0 spiro atoms. The first-order chi connectivity index (χ1) is 39.4. The Morgan fingerprint density at radius 2 is 1.09 bits per heavy atom. The molecule has 402 valence electrons. The Morgan fingerprint density at radius 3 is 1.79 bits per heavy atom. The number of rotatable bonds is 8. The van der Waals surface area contributed by atoms with Gasteiger partial charge in [0, 0.05) is 6.20 Å². The predicted molar refractivity (Wildman–Crippen MR) is 331 cm³/mol. The van der Waals surface area contributed by atoms with Crippen LogP contribution in [0.5, 0.6) is 11.5 Å². The Balaban J connectivity index is 1.05. The summed E-state index contributed by atoms with van der Waals surface area (Å²) >= 11 is 2.57. The Bertz CT molecular complexity index is 4620. The molecule has 1 fully saturated rings. The number of nitrogens with zero attached hydrogens (tertiary/aromatic N) is 5. The second-order valence-electron chi connectivity index (χ2n) is 24.0. The molecule has 1 aliphatic carbocycles. The van der Waals surface area contributed by atoms with E-state index < -0.39 is 0 Å². The first-order valence-electron chi connectivity index (χ1n) is 28.6. The molecule has 1 aliphatic rings. The van der Waals surface area contributed by atoms with Crippen molar-refractivity contribution in [3.8, 4) is 50.9 Å². The molecule has 0 amide bonds. The monoisotopic (exact) mass is 1230 g/mol. The maximum absolute atomic E-state index is 7.16. The van der Waals surface area contributed by atoms with Gasteiger partial charge in [-0.25, -0.2) is 0 Å². The topological polar surface area (TPSA) is 41.3 Å². The van der Waals surface area contributed by atoms with Gasteiger partial charge in [-0.05, 0) is 41.4 Å². The maximum atomic E-state index is 7.16. The van der Waals surface area contributed by atoms with Crippen molar-refractivity contribution in [1.82, 2.24) is 23.1 Å². The SMILES string of the molecule is CC(C)(C)c1ccc(-n2c3ccccc3c3cccc4c3n([c](=[Pt])n4-c3c(-c4ccccc4)cccc3-c3ccccc3)c3[c-]c(Oc4[c-]c5c(cc4)c4cc(C6CCCCC6)ccc4n5-c4cc(C(C)(C)C)ccn4)ccc32)cc1. The minimum absolute atomic E-state index is 0.0159. The van der Waals surface area contributed by atoms with E-state index in [0.29, 0.717) is 17.4 Å². The summed E-state index contributed by atoms with van der Waals surface area (Å²) in [5, 5.41) is 4.58. The fraction of sp³-hybridized carbons (Fsp3) is 0.189. The third kappa shape index (κ3) is 8.91. The normalized spacial score (nSPS) is 13.6. The summed E-state index contributed by atoms with van der Waals surface area (Å²) in [5.41, 5.74) is 17.6. The molecule has 14 rings (SSSR count). The molecule has 0 unspecified atom stereocenters. The van der Waals surface area contributed by atoms with Gasteiger partial charge < -0.3 is 0 Å². The van der Waals surface area contributed by atoms with Crippen molar-refractivity contribution < 1.29 is 24.1 Å². The predicted octanol–water partition coefficient (Wildman–Crippen LogP) is 19.5. The van der Waals surface area contributed by atoms with Crippen LogP contribution >= 0.6 is 0 Å². The number of ether oxygens (including phenoxy) is 1. The molecule has 6 nitrogen and oxygen atoms in total. The van der Waals surface area contributed by atoms with Crippen LogP contribution in [0.25, 0.3) is 99.6 Å². The van der Waals surface area contributed by atoms with Gasteiger partial charge in [0.1, 0.15) is 0 Å². The van der Waals surface area contributed by atoms with E-state index in [4.69, 9.17) is 9.72 Å². The minimum atomic E-state index is -0.0608. The van der Waals surface area contributed by atoms with E-state index in [9.17, 15) is 0 Å². The quantitative estimate of drug-likeness (QED) is 0.142. The van der Waals surface area contributed by atoms with E-state index in [1.54, 1.807) is 0 Å². The summed E-state index contributed by atoms with van der Waals surface area (Å²) in [7, 11) is 0. The number of hydrogen-bond donors (Lipinski definition) is 0.